The monoisotopic (exact) mass is 330 g/mol. The minimum atomic E-state index is -1.14. The zero-order valence-electron chi connectivity index (χ0n) is 13.1. The normalized spacial score (nSPS) is 12.9. The number of amides is 2. The summed E-state index contributed by atoms with van der Waals surface area (Å²) >= 11 is 0. The Morgan fingerprint density at radius 3 is 2.38 bits per heavy atom. The van der Waals surface area contributed by atoms with E-state index >= 15 is 0 Å². The van der Waals surface area contributed by atoms with E-state index in [0.717, 1.165) is 5.56 Å². The van der Waals surface area contributed by atoms with Crippen molar-refractivity contribution in [3.8, 4) is 0 Å². The third kappa shape index (κ3) is 4.70. The fraction of sp³-hybridized carbons (Fsp3) is 0.235. The standard InChI is InChI=1S/C17H18N2O5/c1-11(18-16(21)14-8-5-9-24-14)15(20)19-13(17(22)23)10-12-6-3-2-4-7-12/h2-9,11,13H,10H2,1H3,(H,18,21)(H,19,20)(H,22,23)/t11-,13-/m0/s1. The smallest absolute Gasteiger partial charge is 0.326 e. The summed E-state index contributed by atoms with van der Waals surface area (Å²) in [4.78, 5) is 35.3. The second-order valence-corrected chi connectivity index (χ2v) is 5.26. The number of carbonyl (C=O) groups excluding carboxylic acids is 2. The van der Waals surface area contributed by atoms with Crippen LogP contribution in [0.5, 0.6) is 0 Å². The quantitative estimate of drug-likeness (QED) is 0.707. The van der Waals surface area contributed by atoms with Crippen LogP contribution in [0.25, 0.3) is 0 Å². The maximum absolute atomic E-state index is 12.1. The van der Waals surface area contributed by atoms with Crippen molar-refractivity contribution in [3.63, 3.8) is 0 Å². The highest BCUT2D eigenvalue weighted by atomic mass is 16.4. The van der Waals surface area contributed by atoms with Gasteiger partial charge in [0.2, 0.25) is 5.91 Å². The first-order valence-corrected chi connectivity index (χ1v) is 7.39. The lowest BCUT2D eigenvalue weighted by Gasteiger charge is -2.18. The summed E-state index contributed by atoms with van der Waals surface area (Å²) < 4.78 is 4.94. The zero-order valence-corrected chi connectivity index (χ0v) is 13.1. The molecule has 0 aliphatic rings. The zero-order chi connectivity index (χ0) is 17.5. The van der Waals surface area contributed by atoms with Gasteiger partial charge in [-0.1, -0.05) is 30.3 Å². The summed E-state index contributed by atoms with van der Waals surface area (Å²) in [7, 11) is 0. The van der Waals surface area contributed by atoms with Crippen LogP contribution in [0.15, 0.2) is 53.1 Å². The molecule has 0 radical (unpaired) electrons. The van der Waals surface area contributed by atoms with E-state index in [0.29, 0.717) is 0 Å². The van der Waals surface area contributed by atoms with Crippen molar-refractivity contribution in [1.29, 1.82) is 0 Å². The molecule has 126 valence electrons. The van der Waals surface area contributed by atoms with Crippen LogP contribution in [0.1, 0.15) is 23.0 Å². The number of carboxylic acids is 1. The molecule has 0 spiro atoms. The fourth-order valence-electron chi connectivity index (χ4n) is 2.09. The molecule has 0 saturated heterocycles. The fourth-order valence-corrected chi connectivity index (χ4v) is 2.09. The highest BCUT2D eigenvalue weighted by molar-refractivity contribution is 5.96. The van der Waals surface area contributed by atoms with Gasteiger partial charge in [-0.05, 0) is 24.6 Å². The number of hydrogen-bond acceptors (Lipinski definition) is 4. The van der Waals surface area contributed by atoms with Gasteiger partial charge in [-0.25, -0.2) is 4.79 Å². The first kappa shape index (κ1) is 17.3. The second-order valence-electron chi connectivity index (χ2n) is 5.26. The summed E-state index contributed by atoms with van der Waals surface area (Å²) in [6.45, 7) is 1.47. The van der Waals surface area contributed by atoms with Gasteiger partial charge in [0.05, 0.1) is 6.26 Å². The van der Waals surface area contributed by atoms with Crippen molar-refractivity contribution in [2.45, 2.75) is 25.4 Å². The Balaban J connectivity index is 1.94. The van der Waals surface area contributed by atoms with Crippen molar-refractivity contribution in [2.75, 3.05) is 0 Å². The lowest BCUT2D eigenvalue weighted by atomic mass is 10.1. The van der Waals surface area contributed by atoms with Crippen molar-refractivity contribution >= 4 is 17.8 Å². The molecule has 7 heteroatoms. The third-order valence-corrected chi connectivity index (χ3v) is 3.38. The maximum Gasteiger partial charge on any atom is 0.326 e. The molecule has 0 fully saturated rings. The molecule has 1 aromatic heterocycles. The van der Waals surface area contributed by atoms with Crippen molar-refractivity contribution in [1.82, 2.24) is 10.6 Å². The summed E-state index contributed by atoms with van der Waals surface area (Å²) in [6, 6.07) is 10.0. The van der Waals surface area contributed by atoms with Crippen LogP contribution in [0.2, 0.25) is 0 Å². The molecule has 0 unspecified atom stereocenters. The van der Waals surface area contributed by atoms with Crippen LogP contribution in [-0.2, 0) is 16.0 Å². The Hall–Kier alpha value is -3.09. The molecule has 2 amide bonds. The van der Waals surface area contributed by atoms with E-state index in [2.05, 4.69) is 10.6 Å². The Kier molecular flexibility index (Phi) is 5.73. The largest absolute Gasteiger partial charge is 0.480 e. The van der Waals surface area contributed by atoms with Gasteiger partial charge >= 0.3 is 5.97 Å². The first-order chi connectivity index (χ1) is 11.5. The lowest BCUT2D eigenvalue weighted by Crippen LogP contribution is -2.51. The van der Waals surface area contributed by atoms with Crippen molar-refractivity contribution < 1.29 is 23.9 Å². The van der Waals surface area contributed by atoms with Gasteiger partial charge in [-0.3, -0.25) is 9.59 Å². The summed E-state index contributed by atoms with van der Waals surface area (Å²) in [5.41, 5.74) is 0.789. The summed E-state index contributed by atoms with van der Waals surface area (Å²) in [5.74, 6) is -2.19. The molecule has 7 nitrogen and oxygen atoms in total. The average molecular weight is 330 g/mol. The molecule has 0 aliphatic heterocycles. The first-order valence-electron chi connectivity index (χ1n) is 7.39. The molecule has 2 rings (SSSR count). The maximum atomic E-state index is 12.1. The van der Waals surface area contributed by atoms with Gasteiger partial charge in [0, 0.05) is 6.42 Å². The van der Waals surface area contributed by atoms with E-state index in [9.17, 15) is 19.5 Å². The van der Waals surface area contributed by atoms with Crippen molar-refractivity contribution in [3.05, 3.63) is 60.1 Å². The minimum absolute atomic E-state index is 0.0775. The molecule has 0 saturated carbocycles. The van der Waals surface area contributed by atoms with E-state index in [1.54, 1.807) is 30.3 Å². The predicted octanol–water partition coefficient (Wildman–Crippen LogP) is 1.21. The number of carboxylic acid groups (broad SMARTS) is 1. The highest BCUT2D eigenvalue weighted by Gasteiger charge is 2.24. The van der Waals surface area contributed by atoms with Crippen LogP contribution in [0.4, 0.5) is 0 Å². The Bertz CT molecular complexity index is 697. The molecular formula is C17H18N2O5. The van der Waals surface area contributed by atoms with Crippen molar-refractivity contribution in [2.24, 2.45) is 0 Å². The van der Waals surface area contributed by atoms with Crippen LogP contribution < -0.4 is 10.6 Å². The molecule has 1 heterocycles. The van der Waals surface area contributed by atoms with Gasteiger partial charge < -0.3 is 20.2 Å². The van der Waals surface area contributed by atoms with Gasteiger partial charge in [-0.15, -0.1) is 0 Å². The Morgan fingerprint density at radius 2 is 1.79 bits per heavy atom. The number of aliphatic carboxylic acids is 1. The number of benzene rings is 1. The molecule has 0 bridgehead atoms. The van der Waals surface area contributed by atoms with Gasteiger partial charge in [0.1, 0.15) is 12.1 Å². The topological polar surface area (TPSA) is 109 Å². The predicted molar refractivity (Wildman–Crippen MR) is 85.3 cm³/mol. The minimum Gasteiger partial charge on any atom is -0.480 e. The molecule has 3 N–H and O–H groups in total. The molecule has 2 aromatic rings. The van der Waals surface area contributed by atoms with Gasteiger partial charge in [0.15, 0.2) is 5.76 Å². The Labute approximate surface area is 138 Å². The van der Waals surface area contributed by atoms with Crippen LogP contribution in [0.3, 0.4) is 0 Å². The Morgan fingerprint density at radius 1 is 1.08 bits per heavy atom. The number of hydrogen-bond donors (Lipinski definition) is 3. The summed E-state index contributed by atoms with van der Waals surface area (Å²) in [6.07, 6.45) is 1.50. The SMILES string of the molecule is C[C@H](NC(=O)c1ccco1)C(=O)N[C@@H](Cc1ccccc1)C(=O)O. The molecule has 1 aromatic carbocycles. The van der Waals surface area contributed by atoms with Gasteiger partial charge in [-0.2, -0.15) is 0 Å². The molecule has 24 heavy (non-hydrogen) atoms. The molecular weight excluding hydrogens is 312 g/mol. The van der Waals surface area contributed by atoms with E-state index in [1.165, 1.54) is 19.3 Å². The van der Waals surface area contributed by atoms with Crippen LogP contribution in [0, 0.1) is 0 Å². The van der Waals surface area contributed by atoms with E-state index in [1.807, 2.05) is 6.07 Å². The number of furan rings is 1. The number of rotatable bonds is 7. The number of nitrogens with one attached hydrogen (secondary N) is 2. The molecule has 0 aliphatic carbocycles. The highest BCUT2D eigenvalue weighted by Crippen LogP contribution is 2.04. The second kappa shape index (κ2) is 7.96. The number of carbonyl (C=O) groups is 3. The summed E-state index contributed by atoms with van der Waals surface area (Å²) in [5, 5.41) is 14.2. The molecule has 2 atom stereocenters. The van der Waals surface area contributed by atoms with E-state index in [-0.39, 0.29) is 12.2 Å². The third-order valence-electron chi connectivity index (χ3n) is 3.38. The lowest BCUT2D eigenvalue weighted by molar-refractivity contribution is -0.142. The van der Waals surface area contributed by atoms with Crippen LogP contribution in [-0.4, -0.2) is 35.0 Å². The van der Waals surface area contributed by atoms with Gasteiger partial charge in [0.25, 0.3) is 5.91 Å². The van der Waals surface area contributed by atoms with E-state index in [4.69, 9.17) is 4.42 Å². The van der Waals surface area contributed by atoms with Crippen LogP contribution >= 0.6 is 0 Å². The average Bonchev–Trinajstić information content (AvgIpc) is 3.09. The van der Waals surface area contributed by atoms with E-state index < -0.39 is 29.9 Å².